The first-order chi connectivity index (χ1) is 14.4. The van der Waals surface area contributed by atoms with E-state index >= 15 is 0 Å². The second-order valence-corrected chi connectivity index (χ2v) is 9.07. The number of ether oxygens (including phenoxy) is 2. The first-order valence-electron chi connectivity index (χ1n) is 9.54. The number of methoxy groups -OCH3 is 1. The molecule has 2 aromatic carbocycles. The van der Waals surface area contributed by atoms with Gasteiger partial charge in [0.1, 0.15) is 11.4 Å². The Hall–Kier alpha value is -2.68. The number of rotatable bonds is 9. The Bertz CT molecular complexity index is 1100. The lowest BCUT2D eigenvalue weighted by Crippen LogP contribution is -2.18. The van der Waals surface area contributed by atoms with Gasteiger partial charge in [-0.3, -0.25) is 4.18 Å². The Labute approximate surface area is 175 Å². The minimum atomic E-state index is -3.55. The summed E-state index contributed by atoms with van der Waals surface area (Å²) in [6.45, 7) is 0.218. The molecule has 0 spiro atoms. The quantitative estimate of drug-likeness (QED) is 0.375. The van der Waals surface area contributed by atoms with Crippen molar-refractivity contribution in [3.8, 4) is 28.1 Å². The van der Waals surface area contributed by atoms with Crippen molar-refractivity contribution in [1.29, 1.82) is 0 Å². The van der Waals surface area contributed by atoms with Crippen LogP contribution in [0.3, 0.4) is 0 Å². The largest absolute Gasteiger partial charge is 0.468 e. The van der Waals surface area contributed by atoms with E-state index in [-0.39, 0.29) is 13.4 Å². The molecule has 1 aromatic heterocycles. The van der Waals surface area contributed by atoms with Gasteiger partial charge in [-0.15, -0.1) is 0 Å². The van der Waals surface area contributed by atoms with Crippen molar-refractivity contribution >= 4 is 10.1 Å². The summed E-state index contributed by atoms with van der Waals surface area (Å²) in [6.07, 6.45) is 2.61. The van der Waals surface area contributed by atoms with Gasteiger partial charge in [-0.05, 0) is 42.7 Å². The standard InChI is InChI=1S/C22H23NO6S/c1-26-15-27-18-10-8-17(9-11-18)20-19(16-6-4-3-5-7-16)21(29-23-20)22(12-13-22)14-28-30(2,24)25/h3-11H,12-15H2,1-2H3. The van der Waals surface area contributed by atoms with Gasteiger partial charge in [0.25, 0.3) is 10.1 Å². The Morgan fingerprint density at radius 2 is 1.73 bits per heavy atom. The Kier molecular flexibility index (Phi) is 5.64. The number of hydrogen-bond donors (Lipinski definition) is 0. The second-order valence-electron chi connectivity index (χ2n) is 7.42. The monoisotopic (exact) mass is 429 g/mol. The fourth-order valence-corrected chi connectivity index (χ4v) is 3.81. The fraction of sp³-hybridized carbons (Fsp3) is 0.318. The average molecular weight is 429 g/mol. The summed E-state index contributed by atoms with van der Waals surface area (Å²) in [7, 11) is -1.98. The minimum Gasteiger partial charge on any atom is -0.468 e. The van der Waals surface area contributed by atoms with Crippen molar-refractivity contribution in [3.05, 3.63) is 60.4 Å². The van der Waals surface area contributed by atoms with E-state index in [2.05, 4.69) is 5.16 Å². The van der Waals surface area contributed by atoms with Crippen LogP contribution in [-0.2, 0) is 24.5 Å². The average Bonchev–Trinajstić information content (AvgIpc) is 3.41. The summed E-state index contributed by atoms with van der Waals surface area (Å²) in [5.74, 6) is 1.35. The molecule has 8 heteroatoms. The van der Waals surface area contributed by atoms with E-state index in [1.807, 2.05) is 54.6 Å². The maximum absolute atomic E-state index is 11.5. The molecule has 0 N–H and O–H groups in total. The predicted octanol–water partition coefficient (Wildman–Crippen LogP) is 4.00. The molecule has 3 aromatic rings. The van der Waals surface area contributed by atoms with Crippen LogP contribution in [0, 0.1) is 0 Å². The molecular weight excluding hydrogens is 406 g/mol. The van der Waals surface area contributed by atoms with Gasteiger partial charge in [-0.25, -0.2) is 0 Å². The van der Waals surface area contributed by atoms with Crippen molar-refractivity contribution in [2.24, 2.45) is 0 Å². The summed E-state index contributed by atoms with van der Waals surface area (Å²) < 4.78 is 44.4. The molecule has 1 aliphatic rings. The van der Waals surface area contributed by atoms with E-state index in [1.165, 1.54) is 0 Å². The zero-order chi connectivity index (χ0) is 21.2. The van der Waals surface area contributed by atoms with E-state index in [4.69, 9.17) is 18.2 Å². The van der Waals surface area contributed by atoms with Crippen LogP contribution in [0.5, 0.6) is 5.75 Å². The van der Waals surface area contributed by atoms with E-state index in [0.717, 1.165) is 35.8 Å². The van der Waals surface area contributed by atoms with Gasteiger partial charge in [0.05, 0.1) is 23.8 Å². The Balaban J connectivity index is 1.74. The lowest BCUT2D eigenvalue weighted by atomic mass is 9.92. The number of benzene rings is 2. The maximum Gasteiger partial charge on any atom is 0.264 e. The third kappa shape index (κ3) is 4.40. The molecule has 30 heavy (non-hydrogen) atoms. The molecule has 0 saturated heterocycles. The fourth-order valence-electron chi connectivity index (χ4n) is 3.37. The molecule has 1 fully saturated rings. The van der Waals surface area contributed by atoms with Crippen LogP contribution in [0.15, 0.2) is 59.1 Å². The van der Waals surface area contributed by atoms with E-state index in [0.29, 0.717) is 17.2 Å². The number of hydrogen-bond acceptors (Lipinski definition) is 7. The minimum absolute atomic E-state index is 0.0457. The molecule has 7 nitrogen and oxygen atoms in total. The third-order valence-electron chi connectivity index (χ3n) is 5.11. The molecule has 158 valence electrons. The lowest BCUT2D eigenvalue weighted by molar-refractivity contribution is 0.0511. The predicted molar refractivity (Wildman–Crippen MR) is 112 cm³/mol. The lowest BCUT2D eigenvalue weighted by Gasteiger charge is -2.14. The van der Waals surface area contributed by atoms with Crippen molar-refractivity contribution in [1.82, 2.24) is 5.16 Å². The molecule has 0 amide bonds. The highest BCUT2D eigenvalue weighted by atomic mass is 32.2. The molecular formula is C22H23NO6S. The van der Waals surface area contributed by atoms with E-state index in [9.17, 15) is 8.42 Å². The summed E-state index contributed by atoms with van der Waals surface area (Å²) in [5, 5.41) is 4.36. The molecule has 0 atom stereocenters. The smallest absolute Gasteiger partial charge is 0.264 e. The summed E-state index contributed by atoms with van der Waals surface area (Å²) in [5.41, 5.74) is 2.89. The highest BCUT2D eigenvalue weighted by molar-refractivity contribution is 7.85. The van der Waals surface area contributed by atoms with Gasteiger partial charge in [-0.2, -0.15) is 8.42 Å². The van der Waals surface area contributed by atoms with Crippen LogP contribution in [0.25, 0.3) is 22.4 Å². The van der Waals surface area contributed by atoms with Crippen LogP contribution in [0.4, 0.5) is 0 Å². The van der Waals surface area contributed by atoms with Gasteiger partial charge < -0.3 is 14.0 Å². The van der Waals surface area contributed by atoms with Gasteiger partial charge >= 0.3 is 0 Å². The summed E-state index contributed by atoms with van der Waals surface area (Å²) in [6, 6.07) is 17.3. The van der Waals surface area contributed by atoms with E-state index < -0.39 is 15.5 Å². The molecule has 1 saturated carbocycles. The summed E-state index contributed by atoms with van der Waals surface area (Å²) in [4.78, 5) is 0. The van der Waals surface area contributed by atoms with Crippen molar-refractivity contribution in [3.63, 3.8) is 0 Å². The van der Waals surface area contributed by atoms with E-state index in [1.54, 1.807) is 7.11 Å². The molecule has 0 radical (unpaired) electrons. The van der Waals surface area contributed by atoms with Gasteiger partial charge in [0, 0.05) is 12.7 Å². The van der Waals surface area contributed by atoms with Gasteiger partial charge in [0.2, 0.25) is 0 Å². The summed E-state index contributed by atoms with van der Waals surface area (Å²) >= 11 is 0. The van der Waals surface area contributed by atoms with Crippen LogP contribution >= 0.6 is 0 Å². The highest BCUT2D eigenvalue weighted by Crippen LogP contribution is 2.53. The zero-order valence-electron chi connectivity index (χ0n) is 16.8. The molecule has 4 rings (SSSR count). The van der Waals surface area contributed by atoms with Crippen molar-refractivity contribution in [2.75, 3.05) is 26.8 Å². The molecule has 0 unspecified atom stereocenters. The van der Waals surface area contributed by atoms with Gasteiger partial charge in [0.15, 0.2) is 12.6 Å². The normalized spacial score (nSPS) is 15.1. The van der Waals surface area contributed by atoms with Crippen molar-refractivity contribution < 1.29 is 26.6 Å². The zero-order valence-corrected chi connectivity index (χ0v) is 17.6. The Morgan fingerprint density at radius 3 is 2.33 bits per heavy atom. The first-order valence-corrected chi connectivity index (χ1v) is 11.4. The molecule has 1 heterocycles. The SMILES string of the molecule is COCOc1ccc(-c2noc(C3(COS(C)(=O)=O)CC3)c2-c2ccccc2)cc1. The van der Waals surface area contributed by atoms with Crippen LogP contribution in [0.1, 0.15) is 18.6 Å². The molecule has 1 aliphatic carbocycles. The number of aromatic nitrogens is 1. The van der Waals surface area contributed by atoms with Crippen LogP contribution in [-0.4, -0.2) is 40.3 Å². The Morgan fingerprint density at radius 1 is 1.03 bits per heavy atom. The van der Waals surface area contributed by atoms with Crippen molar-refractivity contribution in [2.45, 2.75) is 18.3 Å². The topological polar surface area (TPSA) is 87.9 Å². The molecule has 0 bridgehead atoms. The van der Waals surface area contributed by atoms with Gasteiger partial charge in [-0.1, -0.05) is 35.5 Å². The van der Waals surface area contributed by atoms with Crippen LogP contribution < -0.4 is 4.74 Å². The maximum atomic E-state index is 11.5. The second kappa shape index (κ2) is 8.22. The number of nitrogens with zero attached hydrogens (tertiary/aromatic N) is 1. The third-order valence-corrected chi connectivity index (χ3v) is 5.66. The van der Waals surface area contributed by atoms with Crippen LogP contribution in [0.2, 0.25) is 0 Å². The highest BCUT2D eigenvalue weighted by Gasteiger charge is 2.51. The molecule has 0 aliphatic heterocycles. The first kappa shape index (κ1) is 20.6.